The second-order valence-corrected chi connectivity index (χ2v) is 19.4. The lowest BCUT2D eigenvalue weighted by Gasteiger charge is -2.12. The van der Waals surface area contributed by atoms with Crippen molar-refractivity contribution in [2.75, 3.05) is 0 Å². The predicted octanol–water partition coefficient (Wildman–Crippen LogP) is 12.2. The lowest BCUT2D eigenvalue weighted by atomic mass is 10.1. The molecule has 0 saturated heterocycles. The van der Waals surface area contributed by atoms with Crippen LogP contribution < -0.4 is 16.7 Å². The topological polar surface area (TPSA) is 155 Å². The summed E-state index contributed by atoms with van der Waals surface area (Å²) in [6.07, 6.45) is 12.4. The Hall–Kier alpha value is -6.58. The average Bonchev–Trinajstić information content (AvgIpc) is 4.11. The molecule has 0 aliphatic heterocycles. The van der Waals surface area contributed by atoms with E-state index < -0.39 is 0 Å². The molecule has 0 bridgehead atoms. The fourth-order valence-corrected chi connectivity index (χ4v) is 9.28. The lowest BCUT2D eigenvalue weighted by Crippen LogP contribution is -2.21. The number of unbranched alkanes of at least 4 members (excludes halogenated alkanes) is 6. The van der Waals surface area contributed by atoms with Gasteiger partial charge in [0.05, 0.1) is 23.7 Å². The van der Waals surface area contributed by atoms with Crippen LogP contribution in [0.4, 0.5) is 0 Å². The Kier molecular flexibility index (Phi) is 18.5. The minimum atomic E-state index is -0.258. The third kappa shape index (κ3) is 12.3. The molecule has 0 atom stereocenters. The molecule has 0 fully saturated rings. The number of benzene rings is 3. The fraction of sp³-hybridized carbons (Fsp3) is 0.339. The van der Waals surface area contributed by atoms with Crippen LogP contribution >= 0.6 is 34.8 Å². The minimum Gasteiger partial charge on any atom is -0.390 e. The molecule has 0 saturated carbocycles. The highest BCUT2D eigenvalue weighted by atomic mass is 35.5. The SMILES string of the molecule is CCCCCn1c(C)cc(=O)n2c(C=O)c(-c3ccc(Cl)cc3)nc12.CCCCCn1c(C)cc(=O)n2c(CO)c(-c3ccc(Cl)cc3)nc12.CCCCCn1c(C)cc(=O)n2cc(-c3ccc(Cl)cc3)nc12. The Morgan fingerprint density at radius 2 is 0.904 bits per heavy atom. The van der Waals surface area contributed by atoms with E-state index in [9.17, 15) is 24.3 Å². The van der Waals surface area contributed by atoms with Gasteiger partial charge < -0.3 is 18.8 Å². The molecular weight excluding hydrogens is 985 g/mol. The summed E-state index contributed by atoms with van der Waals surface area (Å²) in [6, 6.07) is 26.7. The number of hydrogen-bond acceptors (Lipinski definition) is 8. The van der Waals surface area contributed by atoms with Crippen molar-refractivity contribution in [3.8, 4) is 33.8 Å². The van der Waals surface area contributed by atoms with E-state index in [1.165, 1.54) is 21.6 Å². The van der Waals surface area contributed by atoms with Gasteiger partial charge in [-0.1, -0.05) is 130 Å². The third-order valence-corrected chi connectivity index (χ3v) is 13.6. The van der Waals surface area contributed by atoms with Gasteiger partial charge >= 0.3 is 0 Å². The van der Waals surface area contributed by atoms with Gasteiger partial charge in [0, 0.05) is 92.9 Å². The van der Waals surface area contributed by atoms with Gasteiger partial charge in [0.1, 0.15) is 11.4 Å². The fourth-order valence-electron chi connectivity index (χ4n) is 8.90. The number of aldehydes is 1. The van der Waals surface area contributed by atoms with E-state index in [2.05, 4.69) is 34.9 Å². The first-order valence-electron chi connectivity index (χ1n) is 24.9. The van der Waals surface area contributed by atoms with Crippen LogP contribution in [0.25, 0.3) is 51.1 Å². The van der Waals surface area contributed by atoms with Crippen molar-refractivity contribution < 1.29 is 9.90 Å². The molecule has 0 aliphatic rings. The van der Waals surface area contributed by atoms with Crippen LogP contribution in [0.3, 0.4) is 0 Å². The van der Waals surface area contributed by atoms with Gasteiger partial charge in [0.15, 0.2) is 6.29 Å². The van der Waals surface area contributed by atoms with Gasteiger partial charge in [-0.15, -0.1) is 0 Å². The second kappa shape index (κ2) is 24.9. The van der Waals surface area contributed by atoms with Crippen molar-refractivity contribution in [1.29, 1.82) is 0 Å². The van der Waals surface area contributed by atoms with Gasteiger partial charge in [-0.25, -0.2) is 23.8 Å². The molecule has 17 heteroatoms. The molecule has 3 aromatic carbocycles. The van der Waals surface area contributed by atoms with Gasteiger partial charge in [-0.3, -0.25) is 23.6 Å². The van der Waals surface area contributed by atoms with Gasteiger partial charge in [0.2, 0.25) is 17.3 Å². The highest BCUT2D eigenvalue weighted by Crippen LogP contribution is 2.28. The molecule has 14 nitrogen and oxygen atoms in total. The quantitative estimate of drug-likeness (QED) is 0.0698. The molecule has 1 N–H and O–H groups in total. The molecule has 0 unspecified atom stereocenters. The number of fused-ring (bicyclic) bond motifs is 3. The van der Waals surface area contributed by atoms with Gasteiger partial charge in [0.25, 0.3) is 16.7 Å². The molecular formula is C56H62Cl3N9O5. The first kappa shape index (κ1) is 54.2. The van der Waals surface area contributed by atoms with Crippen molar-refractivity contribution >= 4 is 58.4 Å². The normalized spacial score (nSPS) is 11.3. The van der Waals surface area contributed by atoms with E-state index in [0.717, 1.165) is 104 Å². The van der Waals surface area contributed by atoms with Crippen LogP contribution in [-0.2, 0) is 26.2 Å². The number of rotatable bonds is 17. The van der Waals surface area contributed by atoms with Crippen LogP contribution in [0.2, 0.25) is 15.1 Å². The van der Waals surface area contributed by atoms with Crippen molar-refractivity contribution in [3.05, 3.63) is 172 Å². The molecule has 9 aromatic rings. The predicted molar refractivity (Wildman–Crippen MR) is 294 cm³/mol. The number of aromatic nitrogens is 9. The number of imidazole rings is 3. The zero-order valence-corrected chi connectivity index (χ0v) is 44.5. The standard InChI is InChI=1S/C19H22ClN3O2.C19H20ClN3O2.C18H20ClN3O/c2*1-3-4-5-10-22-13(2)11-17(25)23-16(12-24)18(21-19(22)23)14-6-8-15(20)9-7-14;1-3-4-5-10-21-13(2)11-17(23)22-12-16(20-18(21)22)14-6-8-15(19)9-7-14/h6-9,11,24H,3-5,10,12H2,1-2H3;6-9,11-12H,3-5,10H2,1-2H3;6-9,11-12H,3-5,10H2,1-2H3. The van der Waals surface area contributed by atoms with E-state index in [1.807, 2.05) is 61.7 Å². The van der Waals surface area contributed by atoms with Crippen molar-refractivity contribution in [3.63, 3.8) is 0 Å². The molecule has 73 heavy (non-hydrogen) atoms. The number of aliphatic hydroxyl groups excluding tert-OH is 1. The number of nitrogens with zero attached hydrogens (tertiary/aromatic N) is 9. The van der Waals surface area contributed by atoms with Crippen LogP contribution in [0.1, 0.15) is 112 Å². The maximum atomic E-state index is 12.5. The summed E-state index contributed by atoms with van der Waals surface area (Å²) in [6.45, 7) is 14.4. The summed E-state index contributed by atoms with van der Waals surface area (Å²) in [4.78, 5) is 63.1. The summed E-state index contributed by atoms with van der Waals surface area (Å²) in [5.41, 5.74) is 7.44. The van der Waals surface area contributed by atoms with E-state index in [1.54, 1.807) is 65.2 Å². The van der Waals surface area contributed by atoms with E-state index in [0.29, 0.717) is 55.8 Å². The van der Waals surface area contributed by atoms with Crippen molar-refractivity contribution in [2.45, 2.75) is 126 Å². The number of halogens is 3. The third-order valence-electron chi connectivity index (χ3n) is 12.8. The van der Waals surface area contributed by atoms with E-state index >= 15 is 0 Å². The molecule has 0 amide bonds. The van der Waals surface area contributed by atoms with Crippen molar-refractivity contribution in [2.24, 2.45) is 0 Å². The Morgan fingerprint density at radius 3 is 1.36 bits per heavy atom. The average molecular weight is 1050 g/mol. The maximum Gasteiger partial charge on any atom is 0.259 e. The Labute approximate surface area is 439 Å². The second-order valence-electron chi connectivity index (χ2n) is 18.1. The first-order valence-corrected chi connectivity index (χ1v) is 26.0. The number of aliphatic hydroxyl groups is 1. The van der Waals surface area contributed by atoms with Crippen LogP contribution in [-0.4, -0.2) is 53.2 Å². The summed E-state index contributed by atoms with van der Waals surface area (Å²) in [7, 11) is 0. The summed E-state index contributed by atoms with van der Waals surface area (Å²) in [5, 5.41) is 11.8. The van der Waals surface area contributed by atoms with Crippen LogP contribution in [0.15, 0.2) is 112 Å². The maximum absolute atomic E-state index is 12.5. The van der Waals surface area contributed by atoms with E-state index in [4.69, 9.17) is 44.8 Å². The van der Waals surface area contributed by atoms with E-state index in [-0.39, 0.29) is 29.0 Å². The summed E-state index contributed by atoms with van der Waals surface area (Å²) < 4.78 is 10.7. The summed E-state index contributed by atoms with van der Waals surface area (Å²) >= 11 is 17.8. The summed E-state index contributed by atoms with van der Waals surface area (Å²) in [5.74, 6) is 1.79. The molecule has 6 heterocycles. The first-order chi connectivity index (χ1) is 35.2. The smallest absolute Gasteiger partial charge is 0.259 e. The van der Waals surface area contributed by atoms with Gasteiger partial charge in [-0.05, 0) is 76.4 Å². The highest BCUT2D eigenvalue weighted by molar-refractivity contribution is 6.31. The number of carbonyl (C=O) groups excluding carboxylic acids is 1. The number of aryl methyl sites for hydroxylation is 6. The number of carbonyl (C=O) groups is 1. The van der Waals surface area contributed by atoms with Gasteiger partial charge in [-0.2, -0.15) is 0 Å². The lowest BCUT2D eigenvalue weighted by molar-refractivity contribution is 0.111. The number of hydrogen-bond donors (Lipinski definition) is 1. The Balaban J connectivity index is 0.000000160. The Bertz CT molecular complexity index is 3530. The molecule has 9 rings (SSSR count). The zero-order valence-electron chi connectivity index (χ0n) is 42.2. The van der Waals surface area contributed by atoms with Crippen LogP contribution in [0.5, 0.6) is 0 Å². The van der Waals surface area contributed by atoms with Crippen LogP contribution in [0, 0.1) is 20.8 Å². The monoisotopic (exact) mass is 1050 g/mol. The molecule has 0 aliphatic carbocycles. The molecule has 0 spiro atoms. The van der Waals surface area contributed by atoms with Crippen molar-refractivity contribution in [1.82, 2.24) is 41.9 Å². The molecule has 0 radical (unpaired) electrons. The minimum absolute atomic E-state index is 0.0445. The Morgan fingerprint density at radius 1 is 0.507 bits per heavy atom. The largest absolute Gasteiger partial charge is 0.390 e. The zero-order chi connectivity index (χ0) is 52.3. The molecule has 382 valence electrons. The highest BCUT2D eigenvalue weighted by Gasteiger charge is 2.21. The molecule has 6 aromatic heterocycles.